The number of benzene rings is 1. The molecule has 0 aliphatic heterocycles. The normalized spacial score (nSPS) is 12.2. The highest BCUT2D eigenvalue weighted by molar-refractivity contribution is 5.82. The molecule has 1 rings (SSSR count). The third kappa shape index (κ3) is 3.39. The Morgan fingerprint density at radius 3 is 2.73 bits per heavy atom. The van der Waals surface area contributed by atoms with Gasteiger partial charge in [-0.15, -0.1) is 0 Å². The molecule has 0 saturated heterocycles. The topological polar surface area (TPSA) is 26.3 Å². The van der Waals surface area contributed by atoms with Crippen molar-refractivity contribution in [2.24, 2.45) is 0 Å². The van der Waals surface area contributed by atoms with Crippen molar-refractivity contribution in [2.75, 3.05) is 0 Å². The molecule has 0 bridgehead atoms. The van der Waals surface area contributed by atoms with Gasteiger partial charge >= 0.3 is 0 Å². The number of rotatable bonds is 5. The molecule has 0 aromatic heterocycles. The van der Waals surface area contributed by atoms with E-state index in [1.54, 1.807) is 6.92 Å². The lowest BCUT2D eigenvalue weighted by molar-refractivity contribution is -0.124. The molecule has 0 heterocycles. The maximum atomic E-state index is 11.3. The van der Waals surface area contributed by atoms with E-state index in [2.05, 4.69) is 13.0 Å². The van der Waals surface area contributed by atoms with Crippen LogP contribution < -0.4 is 4.74 Å². The van der Waals surface area contributed by atoms with E-state index in [9.17, 15) is 4.79 Å². The molecule has 1 aromatic carbocycles. The Morgan fingerprint density at radius 2 is 2.13 bits per heavy atom. The van der Waals surface area contributed by atoms with E-state index in [0.29, 0.717) is 6.42 Å². The minimum atomic E-state index is -0.345. The Hall–Kier alpha value is -1.31. The molecular formula is C13H18O2. The van der Waals surface area contributed by atoms with Crippen molar-refractivity contribution < 1.29 is 9.53 Å². The van der Waals surface area contributed by atoms with Crippen LogP contribution in [0, 0.1) is 0 Å². The monoisotopic (exact) mass is 206 g/mol. The van der Waals surface area contributed by atoms with Crippen molar-refractivity contribution in [1.82, 2.24) is 0 Å². The molecule has 82 valence electrons. The van der Waals surface area contributed by atoms with E-state index in [0.717, 1.165) is 12.2 Å². The number of carbonyl (C=O) groups excluding carboxylic acids is 1. The summed E-state index contributed by atoms with van der Waals surface area (Å²) in [5, 5.41) is 0. The van der Waals surface area contributed by atoms with Crippen LogP contribution >= 0.6 is 0 Å². The van der Waals surface area contributed by atoms with Gasteiger partial charge in [0.15, 0.2) is 11.9 Å². The summed E-state index contributed by atoms with van der Waals surface area (Å²) in [6, 6.07) is 7.88. The second kappa shape index (κ2) is 5.54. The highest BCUT2D eigenvalue weighted by Gasteiger charge is 2.11. The maximum absolute atomic E-state index is 11.3. The Kier molecular flexibility index (Phi) is 4.35. The molecule has 0 N–H and O–H groups in total. The van der Waals surface area contributed by atoms with Crippen LogP contribution in [0.4, 0.5) is 0 Å². The van der Waals surface area contributed by atoms with Crippen LogP contribution in [-0.2, 0) is 11.2 Å². The molecule has 0 spiro atoms. The zero-order chi connectivity index (χ0) is 11.3. The lowest BCUT2D eigenvalue weighted by atomic mass is 10.1. The van der Waals surface area contributed by atoms with E-state index in [4.69, 9.17) is 4.74 Å². The smallest absolute Gasteiger partial charge is 0.172 e. The Bertz CT molecular complexity index is 331. The fraction of sp³-hybridized carbons (Fsp3) is 0.462. The number of carbonyl (C=O) groups is 1. The van der Waals surface area contributed by atoms with Crippen LogP contribution in [0.2, 0.25) is 0 Å². The largest absolute Gasteiger partial charge is 0.483 e. The lowest BCUT2D eigenvalue weighted by Gasteiger charge is -2.13. The van der Waals surface area contributed by atoms with Crippen LogP contribution in [0.25, 0.3) is 0 Å². The first-order chi connectivity index (χ1) is 7.17. The van der Waals surface area contributed by atoms with E-state index < -0.39 is 0 Å². The third-order valence-electron chi connectivity index (χ3n) is 2.42. The van der Waals surface area contributed by atoms with E-state index in [1.807, 2.05) is 25.1 Å². The van der Waals surface area contributed by atoms with Gasteiger partial charge in [0, 0.05) is 6.42 Å². The number of aryl methyl sites for hydroxylation is 1. The van der Waals surface area contributed by atoms with Gasteiger partial charge in [-0.1, -0.05) is 26.0 Å². The zero-order valence-electron chi connectivity index (χ0n) is 9.62. The Labute approximate surface area is 91.3 Å². The summed E-state index contributed by atoms with van der Waals surface area (Å²) in [4.78, 5) is 11.3. The Morgan fingerprint density at radius 1 is 1.40 bits per heavy atom. The molecule has 0 saturated carbocycles. The van der Waals surface area contributed by atoms with E-state index >= 15 is 0 Å². The summed E-state index contributed by atoms with van der Waals surface area (Å²) in [5.74, 6) is 0.917. The van der Waals surface area contributed by atoms with Crippen molar-refractivity contribution in [3.05, 3.63) is 29.8 Å². The molecule has 0 amide bonds. The molecule has 1 unspecified atom stereocenters. The fourth-order valence-electron chi connectivity index (χ4n) is 1.40. The van der Waals surface area contributed by atoms with Crippen molar-refractivity contribution >= 4 is 5.78 Å². The van der Waals surface area contributed by atoms with Gasteiger partial charge in [0.05, 0.1) is 0 Å². The molecule has 0 aliphatic rings. The number of hydrogen-bond acceptors (Lipinski definition) is 2. The van der Waals surface area contributed by atoms with Crippen LogP contribution in [0.5, 0.6) is 5.75 Å². The van der Waals surface area contributed by atoms with Gasteiger partial charge in [-0.3, -0.25) is 4.79 Å². The van der Waals surface area contributed by atoms with Gasteiger partial charge in [0.25, 0.3) is 0 Å². The second-order valence-electron chi connectivity index (χ2n) is 3.58. The summed E-state index contributed by atoms with van der Waals surface area (Å²) in [6.07, 6.45) is 1.16. The Balaban J connectivity index is 2.67. The number of ether oxygens (including phenoxy) is 1. The van der Waals surface area contributed by atoms with Crippen LogP contribution in [0.3, 0.4) is 0 Å². The second-order valence-corrected chi connectivity index (χ2v) is 3.58. The van der Waals surface area contributed by atoms with Crippen LogP contribution in [0.15, 0.2) is 24.3 Å². The molecule has 0 aliphatic carbocycles. The molecule has 2 nitrogen and oxygen atoms in total. The average molecular weight is 206 g/mol. The van der Waals surface area contributed by atoms with E-state index in [1.165, 1.54) is 5.56 Å². The predicted molar refractivity (Wildman–Crippen MR) is 61.2 cm³/mol. The van der Waals surface area contributed by atoms with Crippen molar-refractivity contribution in [3.8, 4) is 5.75 Å². The summed E-state index contributed by atoms with van der Waals surface area (Å²) in [5.41, 5.74) is 1.23. The molecule has 0 fully saturated rings. The molecule has 1 atom stereocenters. The SMILES string of the molecule is CCC(=O)C(C)Oc1cccc(CC)c1. The summed E-state index contributed by atoms with van der Waals surface area (Å²) in [6.45, 7) is 5.74. The minimum absolute atomic E-state index is 0.136. The first kappa shape index (κ1) is 11.8. The molecular weight excluding hydrogens is 188 g/mol. The summed E-state index contributed by atoms with van der Waals surface area (Å²) in [7, 11) is 0. The average Bonchev–Trinajstić information content (AvgIpc) is 2.28. The molecule has 15 heavy (non-hydrogen) atoms. The first-order valence-electron chi connectivity index (χ1n) is 5.45. The highest BCUT2D eigenvalue weighted by Crippen LogP contribution is 2.15. The first-order valence-corrected chi connectivity index (χ1v) is 5.45. The van der Waals surface area contributed by atoms with Crippen molar-refractivity contribution in [2.45, 2.75) is 39.7 Å². The van der Waals surface area contributed by atoms with Crippen molar-refractivity contribution in [3.63, 3.8) is 0 Å². The van der Waals surface area contributed by atoms with Gasteiger partial charge in [-0.25, -0.2) is 0 Å². The van der Waals surface area contributed by atoms with Gasteiger partial charge in [0.2, 0.25) is 0 Å². The zero-order valence-corrected chi connectivity index (χ0v) is 9.62. The quantitative estimate of drug-likeness (QED) is 0.740. The van der Waals surface area contributed by atoms with Gasteiger partial charge in [0.1, 0.15) is 5.75 Å². The molecule has 1 aromatic rings. The van der Waals surface area contributed by atoms with Gasteiger partial charge < -0.3 is 4.74 Å². The number of ketones is 1. The number of hydrogen-bond donors (Lipinski definition) is 0. The molecule has 0 radical (unpaired) electrons. The minimum Gasteiger partial charge on any atom is -0.483 e. The van der Waals surface area contributed by atoms with Gasteiger partial charge in [-0.2, -0.15) is 0 Å². The van der Waals surface area contributed by atoms with E-state index in [-0.39, 0.29) is 11.9 Å². The standard InChI is InChI=1S/C13H18O2/c1-4-11-7-6-8-12(9-11)15-10(3)13(14)5-2/h6-10H,4-5H2,1-3H3. The maximum Gasteiger partial charge on any atom is 0.172 e. The van der Waals surface area contributed by atoms with Crippen LogP contribution in [-0.4, -0.2) is 11.9 Å². The summed E-state index contributed by atoms with van der Waals surface area (Å²) < 4.78 is 5.56. The molecule has 2 heteroatoms. The lowest BCUT2D eigenvalue weighted by Crippen LogP contribution is -2.22. The number of Topliss-reactive ketones (excluding diaryl/α,β-unsaturated/α-hetero) is 1. The van der Waals surface area contributed by atoms with Crippen LogP contribution in [0.1, 0.15) is 32.8 Å². The summed E-state index contributed by atoms with van der Waals surface area (Å²) >= 11 is 0. The third-order valence-corrected chi connectivity index (χ3v) is 2.42. The highest BCUT2D eigenvalue weighted by atomic mass is 16.5. The van der Waals surface area contributed by atoms with Gasteiger partial charge in [-0.05, 0) is 31.0 Å². The fourth-order valence-corrected chi connectivity index (χ4v) is 1.40. The predicted octanol–water partition coefficient (Wildman–Crippen LogP) is 3.00. The van der Waals surface area contributed by atoms with Crippen molar-refractivity contribution in [1.29, 1.82) is 0 Å².